The number of benzene rings is 2. The van der Waals surface area contributed by atoms with Gasteiger partial charge in [0, 0.05) is 31.2 Å². The number of carbonyl (C=O) groups excluding carboxylic acids is 1. The summed E-state index contributed by atoms with van der Waals surface area (Å²) in [5.74, 6) is -3.03. The molecule has 6 rings (SSSR count). The molecule has 9 nitrogen and oxygen atoms in total. The molecule has 3 heterocycles. The van der Waals surface area contributed by atoms with Crippen LogP contribution in [0.4, 0.5) is 22.0 Å². The highest BCUT2D eigenvalue weighted by Gasteiger charge is 2.43. The third kappa shape index (κ3) is 8.56. The molecular weight excluding hydrogens is 687 g/mol. The molecule has 4 N–H and O–H groups in total. The van der Waals surface area contributed by atoms with Gasteiger partial charge in [0.1, 0.15) is 23.6 Å². The minimum Gasteiger partial charge on any atom is -0.481 e. The first-order chi connectivity index (χ1) is 24.3. The summed E-state index contributed by atoms with van der Waals surface area (Å²) in [6, 6.07) is 4.86. The average molecular weight is 733 g/mol. The number of halogens is 5. The van der Waals surface area contributed by atoms with Crippen molar-refractivity contribution >= 4 is 11.9 Å². The lowest BCUT2D eigenvalue weighted by Gasteiger charge is -2.28. The Labute approximate surface area is 298 Å². The Morgan fingerprint density at radius 2 is 1.62 bits per heavy atom. The van der Waals surface area contributed by atoms with Gasteiger partial charge in [-0.2, -0.15) is 13.2 Å². The van der Waals surface area contributed by atoms with Gasteiger partial charge in [0.25, 0.3) is 5.56 Å². The molecule has 282 valence electrons. The Kier molecular flexibility index (Phi) is 11.6. The van der Waals surface area contributed by atoms with Crippen LogP contribution in [0.1, 0.15) is 85.3 Å². The molecule has 0 spiro atoms. The van der Waals surface area contributed by atoms with E-state index < -0.39 is 71.2 Å². The summed E-state index contributed by atoms with van der Waals surface area (Å²) in [5.41, 5.74) is -0.340. The Balaban J connectivity index is 1.43. The molecule has 14 heteroatoms. The highest BCUT2D eigenvalue weighted by molar-refractivity contribution is 5.83. The van der Waals surface area contributed by atoms with E-state index in [0.717, 1.165) is 31.5 Å². The van der Waals surface area contributed by atoms with Crippen LogP contribution >= 0.6 is 0 Å². The number of carbonyl (C=O) groups is 2. The van der Waals surface area contributed by atoms with Crippen molar-refractivity contribution in [3.63, 3.8) is 0 Å². The van der Waals surface area contributed by atoms with E-state index in [4.69, 9.17) is 0 Å². The number of carboxylic acid groups (broad SMARTS) is 1. The fourth-order valence-electron chi connectivity index (χ4n) is 7.65. The molecule has 1 unspecified atom stereocenters. The predicted octanol–water partition coefficient (Wildman–Crippen LogP) is 6.16. The largest absolute Gasteiger partial charge is 0.481 e. The van der Waals surface area contributed by atoms with Gasteiger partial charge in [0.15, 0.2) is 0 Å². The number of aryl methyl sites for hydroxylation is 3. The standard InChI is InChI=1S/C38H45F5N4O5/c1-19(2)10-30(45-35(50)27-6-7-31(38(41,42)43)47(37(27)52)9-8-46-18-23-14-26(46)15-23)36(51)44-29(17-32(48)49)28-16-24(11-22(5)34(28)40)33-20(3)12-25(39)13-21(33)4/h6-7,11-13,16,19,23,26,29-30,35,45,50H,8-10,14-15,17-18H2,1-5H3,(H,44,51)(H,48,49)/t23?,26?,29-,30-,35?/m0/s1. The van der Waals surface area contributed by atoms with Gasteiger partial charge >= 0.3 is 12.1 Å². The van der Waals surface area contributed by atoms with Gasteiger partial charge in [0.2, 0.25) is 5.91 Å². The number of nitrogens with zero attached hydrogens (tertiary/aromatic N) is 2. The Morgan fingerprint density at radius 1 is 0.962 bits per heavy atom. The molecule has 2 aromatic carbocycles. The van der Waals surface area contributed by atoms with Crippen LogP contribution in [0.25, 0.3) is 11.1 Å². The summed E-state index contributed by atoms with van der Waals surface area (Å²) in [6.07, 6.45) is -5.39. The van der Waals surface area contributed by atoms with Gasteiger partial charge in [-0.3, -0.25) is 24.6 Å². The van der Waals surface area contributed by atoms with Crippen LogP contribution < -0.4 is 16.2 Å². The first-order valence-electron chi connectivity index (χ1n) is 17.4. The number of carboxylic acids is 1. The molecule has 2 saturated heterocycles. The smallest absolute Gasteiger partial charge is 0.431 e. The molecule has 3 atom stereocenters. The number of hydrogen-bond donors (Lipinski definition) is 4. The highest BCUT2D eigenvalue weighted by Crippen LogP contribution is 2.40. The number of pyridine rings is 1. The monoisotopic (exact) mass is 732 g/mol. The summed E-state index contributed by atoms with van der Waals surface area (Å²) in [6.45, 7) is 9.17. The second-order valence-electron chi connectivity index (χ2n) is 14.6. The molecule has 3 aromatic rings. The first-order valence-corrected chi connectivity index (χ1v) is 17.4. The third-order valence-corrected chi connectivity index (χ3v) is 10.1. The van der Waals surface area contributed by atoms with Crippen LogP contribution in [-0.4, -0.2) is 56.7 Å². The number of aliphatic carboxylic acids is 1. The third-order valence-electron chi connectivity index (χ3n) is 10.1. The molecule has 3 fully saturated rings. The van der Waals surface area contributed by atoms with Crippen LogP contribution in [0.15, 0.2) is 41.2 Å². The molecule has 1 aliphatic carbocycles. The second-order valence-corrected chi connectivity index (χ2v) is 14.6. The quantitative estimate of drug-likeness (QED) is 0.116. The molecule has 1 aromatic heterocycles. The Hall–Kier alpha value is -4.14. The summed E-state index contributed by atoms with van der Waals surface area (Å²) in [7, 11) is 0. The summed E-state index contributed by atoms with van der Waals surface area (Å²) in [4.78, 5) is 41.5. The van der Waals surface area contributed by atoms with E-state index in [1.165, 1.54) is 25.1 Å². The molecule has 52 heavy (non-hydrogen) atoms. The maximum absolute atomic E-state index is 15.8. The van der Waals surface area contributed by atoms with Crippen molar-refractivity contribution in [1.82, 2.24) is 20.1 Å². The zero-order valence-corrected chi connectivity index (χ0v) is 29.8. The van der Waals surface area contributed by atoms with E-state index in [9.17, 15) is 42.2 Å². The van der Waals surface area contributed by atoms with Crippen molar-refractivity contribution in [1.29, 1.82) is 0 Å². The zero-order chi connectivity index (χ0) is 38.2. The number of fused-ring (bicyclic) bond motifs is 1. The average Bonchev–Trinajstić information content (AvgIpc) is 3.60. The number of hydrogen-bond acceptors (Lipinski definition) is 6. The van der Waals surface area contributed by atoms with Crippen molar-refractivity contribution in [2.45, 2.75) is 97.4 Å². The van der Waals surface area contributed by atoms with Crippen LogP contribution in [-0.2, 0) is 22.3 Å². The van der Waals surface area contributed by atoms with E-state index in [1.54, 1.807) is 33.8 Å². The summed E-state index contributed by atoms with van der Waals surface area (Å²) < 4.78 is 72.4. The van der Waals surface area contributed by atoms with Crippen LogP contribution in [0.3, 0.4) is 0 Å². The molecule has 1 saturated carbocycles. The highest BCUT2D eigenvalue weighted by atomic mass is 19.4. The number of alkyl halides is 3. The minimum absolute atomic E-state index is 0.0601. The molecule has 1 amide bonds. The van der Waals surface area contributed by atoms with Crippen LogP contribution in [0.5, 0.6) is 0 Å². The zero-order valence-electron chi connectivity index (χ0n) is 29.8. The van der Waals surface area contributed by atoms with Crippen molar-refractivity contribution in [2.24, 2.45) is 11.8 Å². The maximum Gasteiger partial charge on any atom is 0.431 e. The van der Waals surface area contributed by atoms with Crippen LogP contribution in [0, 0.1) is 44.2 Å². The molecule has 0 radical (unpaired) electrons. The Bertz CT molecular complexity index is 1870. The SMILES string of the molecule is Cc1cc(-c2c(C)cc(F)cc2C)cc([C@H](CC(=O)O)NC(=O)[C@H](CC(C)C)NC(O)c2ccc(C(F)(F)F)n(CCN3CC4CC3C4)c2=O)c1F. The molecule has 2 aliphatic heterocycles. The lowest BCUT2D eigenvalue weighted by atomic mass is 9.86. The van der Waals surface area contributed by atoms with E-state index in [-0.39, 0.29) is 36.6 Å². The predicted molar refractivity (Wildman–Crippen MR) is 184 cm³/mol. The van der Waals surface area contributed by atoms with Gasteiger partial charge < -0.3 is 20.1 Å². The fraction of sp³-hybridized carbons (Fsp3) is 0.500. The number of aliphatic hydroxyl groups is 1. The minimum atomic E-state index is -4.83. The molecule has 2 bridgehead atoms. The number of rotatable bonds is 14. The van der Waals surface area contributed by atoms with E-state index in [0.29, 0.717) is 38.8 Å². The maximum atomic E-state index is 15.8. The number of aromatic nitrogens is 1. The van der Waals surface area contributed by atoms with Gasteiger partial charge in [0.05, 0.1) is 24.1 Å². The van der Waals surface area contributed by atoms with E-state index >= 15 is 4.39 Å². The van der Waals surface area contributed by atoms with Gasteiger partial charge in [-0.1, -0.05) is 13.8 Å². The first kappa shape index (κ1) is 39.1. The number of nitrogens with one attached hydrogen (secondary N) is 2. The topological polar surface area (TPSA) is 124 Å². The Morgan fingerprint density at radius 3 is 2.17 bits per heavy atom. The van der Waals surface area contributed by atoms with Crippen molar-refractivity contribution < 1.29 is 41.8 Å². The second kappa shape index (κ2) is 15.5. The number of aliphatic hydroxyl groups excluding tert-OH is 1. The van der Waals surface area contributed by atoms with Crippen LogP contribution in [0.2, 0.25) is 0 Å². The van der Waals surface area contributed by atoms with Crippen molar-refractivity contribution in [3.05, 3.63) is 91.9 Å². The van der Waals surface area contributed by atoms with E-state index in [1.807, 2.05) is 0 Å². The lowest BCUT2D eigenvalue weighted by Crippen LogP contribution is -2.48. The van der Waals surface area contributed by atoms with E-state index in [2.05, 4.69) is 15.5 Å². The summed E-state index contributed by atoms with van der Waals surface area (Å²) in [5, 5.41) is 26.2. The van der Waals surface area contributed by atoms with Crippen molar-refractivity contribution in [3.8, 4) is 11.1 Å². The van der Waals surface area contributed by atoms with Gasteiger partial charge in [-0.25, -0.2) is 8.78 Å². The van der Waals surface area contributed by atoms with Gasteiger partial charge in [-0.15, -0.1) is 0 Å². The normalized spacial score (nSPS) is 19.0. The lowest BCUT2D eigenvalue weighted by molar-refractivity contribution is -0.144. The summed E-state index contributed by atoms with van der Waals surface area (Å²) >= 11 is 0. The fourth-order valence-corrected chi connectivity index (χ4v) is 7.65. The number of amides is 1. The van der Waals surface area contributed by atoms with Crippen molar-refractivity contribution in [2.75, 3.05) is 13.1 Å². The van der Waals surface area contributed by atoms with Gasteiger partial charge in [-0.05, 0) is 116 Å². The molecular formula is C38H45F5N4O5. The molecule has 3 aliphatic rings.